The predicted molar refractivity (Wildman–Crippen MR) is 234 cm³/mol. The molecule has 3 aliphatic rings. The van der Waals surface area contributed by atoms with Gasteiger partial charge in [0.15, 0.2) is 0 Å². The molecule has 4 heterocycles. The van der Waals surface area contributed by atoms with E-state index in [2.05, 4.69) is 31.7 Å². The Kier molecular flexibility index (Phi) is 19.7. The lowest BCUT2D eigenvalue weighted by Gasteiger charge is -2.40. The number of ether oxygens (including phenoxy) is 5. The number of carboxylic acids is 1. The molecule has 0 unspecified atom stereocenters. The van der Waals surface area contributed by atoms with Gasteiger partial charge in [0, 0.05) is 73.1 Å². The third-order valence-corrected chi connectivity index (χ3v) is 10.8. The molecule has 0 spiro atoms. The Labute approximate surface area is 375 Å². The smallest absolute Gasteiger partial charge is 0.340 e. The molecule has 0 radical (unpaired) electrons. The molecule has 65 heavy (non-hydrogen) atoms. The molecule has 4 bridgehead atoms. The number of piperidine rings is 1. The Morgan fingerprint density at radius 1 is 0.754 bits per heavy atom. The molecule has 0 atom stereocenters. The number of hydrogen-bond acceptors (Lipinski definition) is 14. The van der Waals surface area contributed by atoms with Crippen LogP contribution in [0.2, 0.25) is 0 Å². The molecule has 1 fully saturated rings. The molecule has 21 nitrogen and oxygen atoms in total. The van der Waals surface area contributed by atoms with Gasteiger partial charge in [-0.05, 0) is 23.8 Å². The number of fused-ring (bicyclic) bond motifs is 2. The van der Waals surface area contributed by atoms with Crippen LogP contribution in [0.15, 0.2) is 36.5 Å². The highest BCUT2D eigenvalue weighted by Gasteiger charge is 2.46. The molecular formula is C43H59FN9O12+. The van der Waals surface area contributed by atoms with Crippen molar-refractivity contribution in [3.05, 3.63) is 47.9 Å². The number of carboxylic acid groups (broad SMARTS) is 1. The second-order valence-electron chi connectivity index (χ2n) is 15.3. The number of nitrogens with zero attached hydrogens (tertiary/aromatic N) is 3. The molecule has 354 valence electrons. The summed E-state index contributed by atoms with van der Waals surface area (Å²) in [6.45, 7) is 5.20. The number of quaternary nitrogens is 1. The van der Waals surface area contributed by atoms with Crippen molar-refractivity contribution in [3.63, 3.8) is 0 Å². The maximum atomic E-state index is 16.0. The van der Waals surface area contributed by atoms with Gasteiger partial charge in [0.25, 0.3) is 0 Å². The summed E-state index contributed by atoms with van der Waals surface area (Å²) < 4.78 is 43.1. The number of nitrogens with one attached hydrogen (secondary N) is 6. The number of hydrogen-bond donors (Lipinski definition) is 7. The van der Waals surface area contributed by atoms with E-state index < -0.39 is 36.7 Å². The molecule has 7 N–H and O–H groups in total. The normalized spacial score (nSPS) is 16.4. The van der Waals surface area contributed by atoms with Crippen molar-refractivity contribution in [1.82, 2.24) is 35.7 Å². The first-order chi connectivity index (χ1) is 31.4. The summed E-state index contributed by atoms with van der Waals surface area (Å²) in [6.07, 6.45) is 2.16. The molecule has 2 aromatic carbocycles. The van der Waals surface area contributed by atoms with E-state index in [1.165, 1.54) is 19.2 Å². The first-order valence-electron chi connectivity index (χ1n) is 21.6. The fourth-order valence-corrected chi connectivity index (χ4v) is 7.50. The quantitative estimate of drug-likeness (QED) is 0.0385. The monoisotopic (exact) mass is 912 g/mol. The van der Waals surface area contributed by atoms with E-state index in [1.807, 2.05) is 0 Å². The summed E-state index contributed by atoms with van der Waals surface area (Å²) in [6, 6.07) is 8.01. The highest BCUT2D eigenvalue weighted by Crippen LogP contribution is 2.39. The molecule has 1 aromatic heterocycles. The van der Waals surface area contributed by atoms with Crippen molar-refractivity contribution in [1.29, 1.82) is 5.41 Å². The molecule has 3 aliphatic heterocycles. The first-order valence-corrected chi connectivity index (χ1v) is 21.6. The minimum Gasteiger partial charge on any atom is -0.480 e. The number of amides is 5. The van der Waals surface area contributed by atoms with Gasteiger partial charge in [0.2, 0.25) is 23.6 Å². The van der Waals surface area contributed by atoms with Crippen LogP contribution in [0.4, 0.5) is 10.1 Å². The molecular weight excluding hydrogens is 854 g/mol. The lowest BCUT2D eigenvalue weighted by Crippen LogP contribution is -2.66. The Balaban J connectivity index is 1.07. The number of aromatic nitrogens is 2. The van der Waals surface area contributed by atoms with Gasteiger partial charge in [-0.3, -0.25) is 24.0 Å². The van der Waals surface area contributed by atoms with Gasteiger partial charge < -0.3 is 60.8 Å². The van der Waals surface area contributed by atoms with Crippen molar-refractivity contribution in [2.75, 3.05) is 117 Å². The predicted octanol–water partition coefficient (Wildman–Crippen LogP) is 0.444. The van der Waals surface area contributed by atoms with Gasteiger partial charge >= 0.3 is 11.9 Å². The van der Waals surface area contributed by atoms with Crippen molar-refractivity contribution in [2.24, 2.45) is 5.92 Å². The maximum Gasteiger partial charge on any atom is 0.340 e. The Hall–Kier alpha value is -5.91. The highest BCUT2D eigenvalue weighted by molar-refractivity contribution is 6.11. The van der Waals surface area contributed by atoms with E-state index >= 15 is 4.39 Å². The van der Waals surface area contributed by atoms with Gasteiger partial charge in [-0.25, -0.2) is 9.18 Å². The summed E-state index contributed by atoms with van der Waals surface area (Å²) >= 11 is 0. The van der Waals surface area contributed by atoms with E-state index in [0.717, 1.165) is 0 Å². The minimum absolute atomic E-state index is 0.0694. The highest BCUT2D eigenvalue weighted by atomic mass is 19.1. The van der Waals surface area contributed by atoms with Crippen molar-refractivity contribution < 1.29 is 61.9 Å². The van der Waals surface area contributed by atoms with E-state index in [-0.39, 0.29) is 85.1 Å². The number of rotatable bonds is 28. The number of benzene rings is 2. The van der Waals surface area contributed by atoms with Gasteiger partial charge in [-0.15, -0.1) is 9.69 Å². The molecule has 5 amide bonds. The van der Waals surface area contributed by atoms with Crippen LogP contribution in [0.5, 0.6) is 0 Å². The van der Waals surface area contributed by atoms with Crippen LogP contribution < -0.4 is 31.2 Å². The Morgan fingerprint density at radius 2 is 1.34 bits per heavy atom. The average molecular weight is 913 g/mol. The van der Waals surface area contributed by atoms with E-state index in [1.54, 1.807) is 29.1 Å². The van der Waals surface area contributed by atoms with E-state index in [4.69, 9.17) is 28.8 Å². The Morgan fingerprint density at radius 3 is 1.95 bits per heavy atom. The van der Waals surface area contributed by atoms with Crippen LogP contribution in [-0.2, 0) is 52.5 Å². The van der Waals surface area contributed by atoms with Crippen molar-refractivity contribution in [3.8, 4) is 11.1 Å². The molecule has 0 aliphatic carbocycles. The molecule has 0 saturated carbocycles. The number of halogens is 1. The number of anilines is 1. The van der Waals surface area contributed by atoms with E-state index in [9.17, 15) is 34.2 Å². The van der Waals surface area contributed by atoms with Crippen LogP contribution in [0, 0.1) is 17.1 Å². The number of carbonyl (C=O) groups excluding carboxylic acids is 5. The van der Waals surface area contributed by atoms with Crippen LogP contribution in [-0.4, -0.2) is 168 Å². The van der Waals surface area contributed by atoms with Gasteiger partial charge in [0.1, 0.15) is 31.0 Å². The summed E-state index contributed by atoms with van der Waals surface area (Å²) in [5.74, 6) is -4.03. The summed E-state index contributed by atoms with van der Waals surface area (Å²) in [5, 5.41) is 36.3. The van der Waals surface area contributed by atoms with Crippen LogP contribution in [0.1, 0.15) is 38.2 Å². The largest absolute Gasteiger partial charge is 0.480 e. The van der Waals surface area contributed by atoms with Gasteiger partial charge in [0.05, 0.1) is 91.8 Å². The third-order valence-electron chi connectivity index (χ3n) is 10.8. The van der Waals surface area contributed by atoms with Crippen LogP contribution >= 0.6 is 0 Å². The first kappa shape index (κ1) is 50.1. The van der Waals surface area contributed by atoms with Gasteiger partial charge in [-0.1, -0.05) is 16.9 Å². The zero-order valence-corrected chi connectivity index (χ0v) is 36.5. The molecule has 6 rings (SSSR count). The van der Waals surface area contributed by atoms with Crippen LogP contribution in [0.3, 0.4) is 0 Å². The fraction of sp³-hybridized carbons (Fsp3) is 0.535. The number of aliphatic carboxylic acids is 1. The lowest BCUT2D eigenvalue weighted by atomic mass is 9.83. The SMILES string of the molecule is CC(=O)NCCOCCOCCOCCOCCOCCNC(=O)CCC(=O)[N+]12CCC(CC1)C(=N)c1c(NCC(=O)NCC(=O)NCC(=O)O)cccc1-c1cc3c(cnn32)cc1F. The summed E-state index contributed by atoms with van der Waals surface area (Å²) in [4.78, 5) is 74.9. The minimum atomic E-state index is -1.22. The van der Waals surface area contributed by atoms with Crippen LogP contribution in [0.25, 0.3) is 22.0 Å². The fourth-order valence-electron chi connectivity index (χ4n) is 7.50. The standard InChI is InChI=1S/C43H58FN9O12/c1-29(54)46-9-13-61-15-17-63-19-21-65-22-20-64-18-16-62-14-10-47-37(55)5-6-40(58)53-11-7-30(8-12-53)43(45)42-32(33-24-36-31(23-34(33)44)25-51-52(36)53)3-2-4-35(42)48-26-38(56)49-27-39(57)50-28-41(59)60/h2-4,23-25,30H,5-22,26-28H2,1H3,(H6-,45,46,47,48,49,50,54,55,56,57,59,60)/p+1. The second kappa shape index (κ2) is 25.5. The summed E-state index contributed by atoms with van der Waals surface area (Å²) in [7, 11) is 0. The van der Waals surface area contributed by atoms with Crippen molar-refractivity contribution >= 4 is 57.8 Å². The summed E-state index contributed by atoms with van der Waals surface area (Å²) in [5.41, 5.74) is 2.09. The third kappa shape index (κ3) is 14.8. The van der Waals surface area contributed by atoms with Crippen molar-refractivity contribution in [2.45, 2.75) is 32.6 Å². The number of carbonyl (C=O) groups is 6. The topological polar surface area (TPSA) is 271 Å². The second-order valence-corrected chi connectivity index (χ2v) is 15.3. The zero-order valence-electron chi connectivity index (χ0n) is 36.5. The molecule has 1 saturated heterocycles. The van der Waals surface area contributed by atoms with Gasteiger partial charge in [-0.2, -0.15) is 0 Å². The lowest BCUT2D eigenvalue weighted by molar-refractivity contribution is -0.142. The molecule has 3 aromatic rings. The maximum absolute atomic E-state index is 16.0. The zero-order chi connectivity index (χ0) is 46.6. The average Bonchev–Trinajstić information content (AvgIpc) is 3.70. The van der Waals surface area contributed by atoms with E-state index in [0.29, 0.717) is 107 Å². The Bertz CT molecular complexity index is 2140. The molecule has 22 heteroatoms.